The van der Waals surface area contributed by atoms with Crippen molar-refractivity contribution in [2.45, 2.75) is 6.54 Å². The van der Waals surface area contributed by atoms with Gasteiger partial charge >= 0.3 is 0 Å². The summed E-state index contributed by atoms with van der Waals surface area (Å²) in [6.45, 7) is 0.521. The van der Waals surface area contributed by atoms with E-state index in [1.165, 1.54) is 6.33 Å². The van der Waals surface area contributed by atoms with Crippen LogP contribution in [0.2, 0.25) is 0 Å². The molecule has 2 aromatic carbocycles. The number of aromatic nitrogens is 3. The molecule has 17 heavy (non-hydrogen) atoms. The summed E-state index contributed by atoms with van der Waals surface area (Å²) in [4.78, 5) is 3.90. The number of nitrogens with zero attached hydrogens (tertiary/aromatic N) is 3. The second-order valence-corrected chi connectivity index (χ2v) is 3.88. The molecule has 4 nitrogen and oxygen atoms in total. The van der Waals surface area contributed by atoms with Crippen molar-refractivity contribution < 1.29 is 5.11 Å². The van der Waals surface area contributed by atoms with Gasteiger partial charge in [0.15, 0.2) is 0 Å². The lowest BCUT2D eigenvalue weighted by molar-refractivity contribution is 0.465. The van der Waals surface area contributed by atoms with E-state index in [1.807, 2.05) is 30.3 Å². The molecule has 1 aromatic heterocycles. The lowest BCUT2D eigenvalue weighted by Crippen LogP contribution is -2.01. The Morgan fingerprint density at radius 2 is 2.00 bits per heavy atom. The smallest absolute Gasteiger partial charge is 0.137 e. The molecule has 0 aliphatic carbocycles. The molecule has 4 heteroatoms. The van der Waals surface area contributed by atoms with Crippen LogP contribution in [0.25, 0.3) is 10.8 Å². The van der Waals surface area contributed by atoms with E-state index < -0.39 is 0 Å². The number of aromatic hydroxyl groups is 1. The number of hydrogen-bond donors (Lipinski definition) is 1. The van der Waals surface area contributed by atoms with Gasteiger partial charge in [0.25, 0.3) is 0 Å². The highest BCUT2D eigenvalue weighted by Crippen LogP contribution is 2.27. The van der Waals surface area contributed by atoms with Crippen molar-refractivity contribution in [1.82, 2.24) is 14.8 Å². The van der Waals surface area contributed by atoms with E-state index in [4.69, 9.17) is 0 Å². The second kappa shape index (κ2) is 3.90. The Balaban J connectivity index is 2.17. The molecule has 1 heterocycles. The normalized spacial score (nSPS) is 10.8. The van der Waals surface area contributed by atoms with Crippen LogP contribution in [0.4, 0.5) is 0 Å². The van der Waals surface area contributed by atoms with Gasteiger partial charge in [-0.15, -0.1) is 0 Å². The van der Waals surface area contributed by atoms with E-state index in [0.29, 0.717) is 12.3 Å². The SMILES string of the molecule is Oc1ccc2ccccc2c1Cn1cncn1. The minimum absolute atomic E-state index is 0.291. The summed E-state index contributed by atoms with van der Waals surface area (Å²) in [5.74, 6) is 0.291. The topological polar surface area (TPSA) is 50.9 Å². The molecule has 0 fully saturated rings. The summed E-state index contributed by atoms with van der Waals surface area (Å²) in [5, 5.41) is 16.2. The fourth-order valence-electron chi connectivity index (χ4n) is 1.97. The van der Waals surface area contributed by atoms with Crippen LogP contribution in [0.5, 0.6) is 5.75 Å². The highest BCUT2D eigenvalue weighted by molar-refractivity contribution is 5.87. The quantitative estimate of drug-likeness (QED) is 0.727. The first-order valence-corrected chi connectivity index (χ1v) is 5.36. The molecule has 3 aromatic rings. The summed E-state index contributed by atoms with van der Waals surface area (Å²) < 4.78 is 1.70. The van der Waals surface area contributed by atoms with Gasteiger partial charge < -0.3 is 5.11 Å². The van der Waals surface area contributed by atoms with Gasteiger partial charge in [-0.1, -0.05) is 30.3 Å². The summed E-state index contributed by atoms with van der Waals surface area (Å²) >= 11 is 0. The number of rotatable bonds is 2. The van der Waals surface area contributed by atoms with E-state index in [0.717, 1.165) is 16.3 Å². The molecule has 84 valence electrons. The molecule has 3 rings (SSSR count). The van der Waals surface area contributed by atoms with Crippen LogP contribution in [0.1, 0.15) is 5.56 Å². The average Bonchev–Trinajstić information content (AvgIpc) is 2.86. The Kier molecular flexibility index (Phi) is 2.26. The summed E-state index contributed by atoms with van der Waals surface area (Å²) in [7, 11) is 0. The minimum Gasteiger partial charge on any atom is -0.508 e. The molecule has 0 aliphatic rings. The van der Waals surface area contributed by atoms with Gasteiger partial charge in [0.2, 0.25) is 0 Å². The standard InChI is InChI=1S/C13H11N3O/c17-13-6-5-10-3-1-2-4-11(10)12(13)7-16-9-14-8-15-16/h1-6,8-9,17H,7H2. The maximum Gasteiger partial charge on any atom is 0.137 e. The van der Waals surface area contributed by atoms with Gasteiger partial charge in [0.1, 0.15) is 18.4 Å². The first kappa shape index (κ1) is 9.84. The Morgan fingerprint density at radius 3 is 2.82 bits per heavy atom. The van der Waals surface area contributed by atoms with Crippen molar-refractivity contribution in [2.24, 2.45) is 0 Å². The van der Waals surface area contributed by atoms with Crippen molar-refractivity contribution in [1.29, 1.82) is 0 Å². The van der Waals surface area contributed by atoms with Gasteiger partial charge in [0.05, 0.1) is 6.54 Å². The molecule has 0 spiro atoms. The number of fused-ring (bicyclic) bond motifs is 1. The van der Waals surface area contributed by atoms with Gasteiger partial charge in [-0.2, -0.15) is 5.10 Å². The van der Waals surface area contributed by atoms with Crippen LogP contribution < -0.4 is 0 Å². The Morgan fingerprint density at radius 1 is 1.12 bits per heavy atom. The maximum absolute atomic E-state index is 9.95. The summed E-state index contributed by atoms with van der Waals surface area (Å²) in [5.41, 5.74) is 0.869. The molecule has 0 saturated heterocycles. The van der Waals surface area contributed by atoms with Crippen LogP contribution in [0, 0.1) is 0 Å². The van der Waals surface area contributed by atoms with Gasteiger partial charge in [0, 0.05) is 5.56 Å². The number of benzene rings is 2. The molecule has 0 radical (unpaired) electrons. The lowest BCUT2D eigenvalue weighted by Gasteiger charge is -2.08. The zero-order valence-corrected chi connectivity index (χ0v) is 9.11. The fraction of sp³-hybridized carbons (Fsp3) is 0.0769. The molecular formula is C13H11N3O. The predicted molar refractivity (Wildman–Crippen MR) is 64.7 cm³/mol. The van der Waals surface area contributed by atoms with E-state index in [-0.39, 0.29) is 0 Å². The molecule has 0 saturated carbocycles. The van der Waals surface area contributed by atoms with Crippen molar-refractivity contribution in [2.75, 3.05) is 0 Å². The molecule has 1 N–H and O–H groups in total. The molecule has 0 amide bonds. The van der Waals surface area contributed by atoms with Gasteiger partial charge in [-0.05, 0) is 16.8 Å². The molecule has 0 unspecified atom stereocenters. The zero-order valence-electron chi connectivity index (χ0n) is 9.11. The third kappa shape index (κ3) is 1.73. The number of phenolic OH excluding ortho intramolecular Hbond substituents is 1. The van der Waals surface area contributed by atoms with E-state index in [1.54, 1.807) is 17.1 Å². The Labute approximate surface area is 98.2 Å². The Hall–Kier alpha value is -2.36. The van der Waals surface area contributed by atoms with E-state index >= 15 is 0 Å². The number of phenols is 1. The molecule has 0 atom stereocenters. The van der Waals surface area contributed by atoms with Crippen LogP contribution in [-0.2, 0) is 6.54 Å². The summed E-state index contributed by atoms with van der Waals surface area (Å²) in [6, 6.07) is 11.6. The van der Waals surface area contributed by atoms with Crippen molar-refractivity contribution in [3.05, 3.63) is 54.6 Å². The Bertz CT molecular complexity index is 647. The number of hydrogen-bond acceptors (Lipinski definition) is 3. The maximum atomic E-state index is 9.95. The molecule has 0 bridgehead atoms. The largest absolute Gasteiger partial charge is 0.508 e. The van der Waals surface area contributed by atoms with Crippen LogP contribution >= 0.6 is 0 Å². The summed E-state index contributed by atoms with van der Waals surface area (Å²) in [6.07, 6.45) is 3.13. The second-order valence-electron chi connectivity index (χ2n) is 3.88. The highest BCUT2D eigenvalue weighted by atomic mass is 16.3. The van der Waals surface area contributed by atoms with Crippen molar-refractivity contribution in [3.63, 3.8) is 0 Å². The minimum atomic E-state index is 0.291. The third-order valence-electron chi connectivity index (χ3n) is 2.80. The van der Waals surface area contributed by atoms with Gasteiger partial charge in [-0.3, -0.25) is 0 Å². The average molecular weight is 225 g/mol. The van der Waals surface area contributed by atoms with Crippen molar-refractivity contribution in [3.8, 4) is 5.75 Å². The predicted octanol–water partition coefficient (Wildman–Crippen LogP) is 2.19. The van der Waals surface area contributed by atoms with E-state index in [9.17, 15) is 5.11 Å². The fourth-order valence-corrected chi connectivity index (χ4v) is 1.97. The highest BCUT2D eigenvalue weighted by Gasteiger charge is 2.07. The third-order valence-corrected chi connectivity index (χ3v) is 2.80. The lowest BCUT2D eigenvalue weighted by atomic mass is 10.0. The van der Waals surface area contributed by atoms with Gasteiger partial charge in [-0.25, -0.2) is 9.67 Å². The van der Waals surface area contributed by atoms with E-state index in [2.05, 4.69) is 10.1 Å². The van der Waals surface area contributed by atoms with Crippen LogP contribution in [0.3, 0.4) is 0 Å². The first-order chi connectivity index (χ1) is 8.34. The van der Waals surface area contributed by atoms with Crippen LogP contribution in [-0.4, -0.2) is 19.9 Å². The molecule has 0 aliphatic heterocycles. The first-order valence-electron chi connectivity index (χ1n) is 5.36. The monoisotopic (exact) mass is 225 g/mol. The zero-order chi connectivity index (χ0) is 11.7. The van der Waals surface area contributed by atoms with Crippen LogP contribution in [0.15, 0.2) is 49.1 Å². The molecular weight excluding hydrogens is 214 g/mol. The van der Waals surface area contributed by atoms with Crippen molar-refractivity contribution >= 4 is 10.8 Å².